The van der Waals surface area contributed by atoms with E-state index in [0.29, 0.717) is 28.5 Å². The van der Waals surface area contributed by atoms with Gasteiger partial charge in [0.2, 0.25) is 10.0 Å². The summed E-state index contributed by atoms with van der Waals surface area (Å²) in [5, 5.41) is 3.23. The molecule has 0 unspecified atom stereocenters. The normalized spacial score (nSPS) is 17.6. The zero-order chi connectivity index (χ0) is 29.4. The quantitative estimate of drug-likeness (QED) is 0.384. The molecule has 0 aliphatic carbocycles. The Bertz CT molecular complexity index is 1520. The van der Waals surface area contributed by atoms with Crippen molar-refractivity contribution in [1.29, 1.82) is 0 Å². The van der Waals surface area contributed by atoms with Gasteiger partial charge < -0.3 is 19.5 Å². The molecule has 40 heavy (non-hydrogen) atoms. The molecule has 1 aromatic heterocycles. The SMILES string of the molecule is COc1cc2nc(C)nc(N[C@H](C)c3cc(F)cc(C(F)(F)F)c3F)c2cc1OC[C@@H]1CN(S(C)(=O)=O)CCO1. The number of benzene rings is 2. The monoisotopic (exact) mass is 590 g/mol. The van der Waals surface area contributed by atoms with E-state index in [-0.39, 0.29) is 43.9 Å². The van der Waals surface area contributed by atoms with Gasteiger partial charge in [-0.2, -0.15) is 17.5 Å². The molecular formula is C25H27F5N4O5S. The van der Waals surface area contributed by atoms with Gasteiger partial charge >= 0.3 is 6.18 Å². The van der Waals surface area contributed by atoms with Crippen LogP contribution in [-0.4, -0.2) is 68.5 Å². The van der Waals surface area contributed by atoms with E-state index in [9.17, 15) is 30.4 Å². The topological polar surface area (TPSA) is 103 Å². The van der Waals surface area contributed by atoms with Gasteiger partial charge in [0.25, 0.3) is 0 Å². The largest absolute Gasteiger partial charge is 0.493 e. The number of anilines is 1. The standard InChI is InChI=1S/C25H27F5N4O5S/c1-13(17-7-15(26)8-19(23(17)27)25(28,29)30)31-24-18-9-22(21(37-3)10-20(18)32-14(2)33-24)39-12-16-11-34(5-6-38-16)40(4,35)36/h7-10,13,16H,5-6,11-12H2,1-4H3,(H,31,32,33)/t13-,16+/m1/s1. The molecule has 3 aromatic rings. The summed E-state index contributed by atoms with van der Waals surface area (Å²) in [4.78, 5) is 8.68. The van der Waals surface area contributed by atoms with E-state index in [1.165, 1.54) is 24.4 Å². The maximum absolute atomic E-state index is 14.8. The van der Waals surface area contributed by atoms with Gasteiger partial charge in [0.15, 0.2) is 11.5 Å². The van der Waals surface area contributed by atoms with Crippen molar-refractivity contribution in [2.45, 2.75) is 32.2 Å². The molecule has 1 aliphatic rings. The Balaban J connectivity index is 1.65. The summed E-state index contributed by atoms with van der Waals surface area (Å²) in [6.45, 7) is 3.46. The van der Waals surface area contributed by atoms with E-state index >= 15 is 0 Å². The number of alkyl halides is 3. The molecular weight excluding hydrogens is 563 g/mol. The predicted molar refractivity (Wildman–Crippen MR) is 136 cm³/mol. The molecule has 4 rings (SSSR count). The number of methoxy groups -OCH3 is 1. The Morgan fingerprint density at radius 2 is 1.90 bits per heavy atom. The Morgan fingerprint density at radius 1 is 1.18 bits per heavy atom. The summed E-state index contributed by atoms with van der Waals surface area (Å²) in [5.74, 6) is -1.87. The number of hydrogen-bond acceptors (Lipinski definition) is 8. The first-order valence-electron chi connectivity index (χ1n) is 12.1. The van der Waals surface area contributed by atoms with E-state index in [2.05, 4.69) is 15.3 Å². The second-order valence-electron chi connectivity index (χ2n) is 9.28. The average Bonchev–Trinajstić information content (AvgIpc) is 2.87. The first kappa shape index (κ1) is 29.7. The van der Waals surface area contributed by atoms with Crippen LogP contribution in [0.15, 0.2) is 24.3 Å². The first-order chi connectivity index (χ1) is 18.7. The summed E-state index contributed by atoms with van der Waals surface area (Å²) in [5.41, 5.74) is -1.86. The number of ether oxygens (including phenoxy) is 3. The van der Waals surface area contributed by atoms with Crippen molar-refractivity contribution in [1.82, 2.24) is 14.3 Å². The fourth-order valence-electron chi connectivity index (χ4n) is 4.33. The molecule has 0 bridgehead atoms. The second-order valence-corrected chi connectivity index (χ2v) is 11.3. The number of rotatable bonds is 8. The van der Waals surface area contributed by atoms with Crippen molar-refractivity contribution in [2.75, 3.05) is 45.0 Å². The van der Waals surface area contributed by atoms with Crippen molar-refractivity contribution < 1.29 is 44.6 Å². The summed E-state index contributed by atoms with van der Waals surface area (Å²) in [6.07, 6.45) is -4.53. The fraction of sp³-hybridized carbons (Fsp3) is 0.440. The van der Waals surface area contributed by atoms with Gasteiger partial charge in [-0.05, 0) is 32.0 Å². The average molecular weight is 591 g/mol. The number of fused-ring (bicyclic) bond motifs is 1. The van der Waals surface area contributed by atoms with Gasteiger partial charge in [-0.1, -0.05) is 0 Å². The van der Waals surface area contributed by atoms with Gasteiger partial charge in [0.1, 0.15) is 36.0 Å². The van der Waals surface area contributed by atoms with Crippen molar-refractivity contribution in [3.63, 3.8) is 0 Å². The third kappa shape index (κ3) is 6.53. The maximum atomic E-state index is 14.8. The number of aryl methyl sites for hydroxylation is 1. The molecule has 1 N–H and O–H groups in total. The van der Waals surface area contributed by atoms with Gasteiger partial charge in [0.05, 0.1) is 37.1 Å². The minimum Gasteiger partial charge on any atom is -0.493 e. The summed E-state index contributed by atoms with van der Waals surface area (Å²) in [7, 11) is -2.00. The molecule has 2 heterocycles. The van der Waals surface area contributed by atoms with Gasteiger partial charge in [-0.15, -0.1) is 0 Å². The van der Waals surface area contributed by atoms with Crippen LogP contribution in [0.25, 0.3) is 10.9 Å². The Hall–Kier alpha value is -3.30. The van der Waals surface area contributed by atoms with E-state index < -0.39 is 51.1 Å². The second kappa shape index (κ2) is 11.3. The molecule has 1 saturated heterocycles. The minimum absolute atomic E-state index is 0.0194. The minimum atomic E-state index is -5.08. The van der Waals surface area contributed by atoms with Crippen LogP contribution in [0, 0.1) is 18.6 Å². The van der Waals surface area contributed by atoms with Crippen LogP contribution in [0.4, 0.5) is 27.8 Å². The van der Waals surface area contributed by atoms with E-state index in [1.807, 2.05) is 0 Å². The van der Waals surface area contributed by atoms with E-state index in [4.69, 9.17) is 14.2 Å². The Morgan fingerprint density at radius 3 is 2.55 bits per heavy atom. The lowest BCUT2D eigenvalue weighted by Crippen LogP contribution is -2.47. The fourth-order valence-corrected chi connectivity index (χ4v) is 5.17. The highest BCUT2D eigenvalue weighted by Gasteiger charge is 2.36. The van der Waals surface area contributed by atoms with E-state index in [0.717, 1.165) is 6.26 Å². The number of nitrogens with one attached hydrogen (secondary N) is 1. The molecule has 1 aliphatic heterocycles. The first-order valence-corrected chi connectivity index (χ1v) is 13.9. The molecule has 0 amide bonds. The molecule has 2 atom stereocenters. The van der Waals surface area contributed by atoms with Crippen molar-refractivity contribution in [3.05, 3.63) is 52.9 Å². The number of nitrogens with zero attached hydrogens (tertiary/aromatic N) is 3. The lowest BCUT2D eigenvalue weighted by atomic mass is 10.0. The van der Waals surface area contributed by atoms with Crippen LogP contribution in [0.1, 0.15) is 29.9 Å². The number of morpholine rings is 1. The van der Waals surface area contributed by atoms with Crippen LogP contribution in [-0.2, 0) is 20.9 Å². The van der Waals surface area contributed by atoms with Crippen LogP contribution >= 0.6 is 0 Å². The molecule has 2 aromatic carbocycles. The zero-order valence-corrected chi connectivity index (χ0v) is 22.8. The number of sulfonamides is 1. The Labute approximate surface area is 227 Å². The summed E-state index contributed by atoms with van der Waals surface area (Å²) >= 11 is 0. The molecule has 1 fully saturated rings. The maximum Gasteiger partial charge on any atom is 0.419 e. The van der Waals surface area contributed by atoms with Crippen LogP contribution in [0.3, 0.4) is 0 Å². The molecule has 0 saturated carbocycles. The van der Waals surface area contributed by atoms with Crippen molar-refractivity contribution >= 4 is 26.7 Å². The van der Waals surface area contributed by atoms with Crippen LogP contribution in [0.5, 0.6) is 11.5 Å². The molecule has 0 spiro atoms. The molecule has 0 radical (unpaired) electrons. The highest BCUT2D eigenvalue weighted by atomic mass is 32.2. The lowest BCUT2D eigenvalue weighted by molar-refractivity contribution is -0.140. The third-order valence-corrected chi connectivity index (χ3v) is 7.55. The highest BCUT2D eigenvalue weighted by Crippen LogP contribution is 2.38. The molecule has 15 heteroatoms. The summed E-state index contributed by atoms with van der Waals surface area (Å²) in [6, 6.07) is 2.77. The van der Waals surface area contributed by atoms with Crippen LogP contribution < -0.4 is 14.8 Å². The molecule has 9 nitrogen and oxygen atoms in total. The number of hydrogen-bond donors (Lipinski definition) is 1. The van der Waals surface area contributed by atoms with Crippen molar-refractivity contribution in [2.24, 2.45) is 0 Å². The predicted octanol–water partition coefficient (Wildman–Crippen LogP) is 4.46. The number of aromatic nitrogens is 2. The third-order valence-electron chi connectivity index (χ3n) is 6.28. The van der Waals surface area contributed by atoms with Gasteiger partial charge in [-0.3, -0.25) is 0 Å². The molecule has 218 valence electrons. The zero-order valence-electron chi connectivity index (χ0n) is 22.0. The lowest BCUT2D eigenvalue weighted by Gasteiger charge is -2.31. The smallest absolute Gasteiger partial charge is 0.419 e. The van der Waals surface area contributed by atoms with Gasteiger partial charge in [0, 0.05) is 30.1 Å². The van der Waals surface area contributed by atoms with Crippen LogP contribution in [0.2, 0.25) is 0 Å². The van der Waals surface area contributed by atoms with Crippen molar-refractivity contribution in [3.8, 4) is 11.5 Å². The number of halogens is 5. The highest BCUT2D eigenvalue weighted by molar-refractivity contribution is 7.88. The summed E-state index contributed by atoms with van der Waals surface area (Å²) < 4.78 is 111. The van der Waals surface area contributed by atoms with Gasteiger partial charge in [-0.25, -0.2) is 27.2 Å². The van der Waals surface area contributed by atoms with E-state index in [1.54, 1.807) is 13.0 Å². The Kier molecular flexibility index (Phi) is 8.38.